The molecule has 18 heavy (non-hydrogen) atoms. The molecule has 3 saturated heterocycles. The monoisotopic (exact) mass is 251 g/mol. The summed E-state index contributed by atoms with van der Waals surface area (Å²) in [4.78, 5) is 26.2. The molecule has 3 N–H and O–H groups in total. The summed E-state index contributed by atoms with van der Waals surface area (Å²) in [5.41, 5.74) is 4.76. The van der Waals surface area contributed by atoms with Crippen LogP contribution in [0.5, 0.6) is 0 Å². The van der Waals surface area contributed by atoms with Crippen molar-refractivity contribution in [3.05, 3.63) is 0 Å². The number of hydrogen-bond donors (Lipinski definition) is 2. The second-order valence-corrected chi connectivity index (χ2v) is 6.54. The molecule has 2 amide bonds. The van der Waals surface area contributed by atoms with Crippen LogP contribution in [0.4, 0.5) is 0 Å². The van der Waals surface area contributed by atoms with Crippen molar-refractivity contribution in [1.29, 1.82) is 0 Å². The third-order valence-electron chi connectivity index (χ3n) is 4.77. The quantitative estimate of drug-likeness (QED) is 0.723. The molecule has 3 heterocycles. The van der Waals surface area contributed by atoms with E-state index in [0.717, 1.165) is 19.5 Å². The highest BCUT2D eigenvalue weighted by molar-refractivity contribution is 5.94. The van der Waals surface area contributed by atoms with Gasteiger partial charge >= 0.3 is 0 Å². The van der Waals surface area contributed by atoms with Gasteiger partial charge in [0.1, 0.15) is 5.54 Å². The predicted molar refractivity (Wildman–Crippen MR) is 66.5 cm³/mol. The van der Waals surface area contributed by atoms with E-state index in [1.807, 2.05) is 0 Å². The highest BCUT2D eigenvalue weighted by Gasteiger charge is 2.62. The molecular formula is C13H21N3O2. The number of hydrogen-bond acceptors (Lipinski definition) is 3. The van der Waals surface area contributed by atoms with E-state index < -0.39 is 5.54 Å². The number of nitrogens with zero attached hydrogens (tertiary/aromatic N) is 1. The molecule has 5 nitrogen and oxygen atoms in total. The van der Waals surface area contributed by atoms with Gasteiger partial charge in [0.05, 0.1) is 5.92 Å². The van der Waals surface area contributed by atoms with Crippen LogP contribution in [0.15, 0.2) is 0 Å². The number of amides is 2. The molecule has 0 spiro atoms. The van der Waals surface area contributed by atoms with Crippen LogP contribution in [0.2, 0.25) is 0 Å². The Morgan fingerprint density at radius 1 is 1.56 bits per heavy atom. The Morgan fingerprint density at radius 2 is 2.28 bits per heavy atom. The molecule has 4 fully saturated rings. The van der Waals surface area contributed by atoms with Gasteiger partial charge in [0.2, 0.25) is 11.8 Å². The van der Waals surface area contributed by atoms with Crippen molar-refractivity contribution in [2.75, 3.05) is 13.1 Å². The van der Waals surface area contributed by atoms with Gasteiger partial charge in [0.15, 0.2) is 0 Å². The molecule has 0 aromatic rings. The fourth-order valence-electron chi connectivity index (χ4n) is 4.18. The molecule has 4 bridgehead atoms. The molecule has 0 aromatic carbocycles. The highest BCUT2D eigenvalue weighted by Crippen LogP contribution is 2.48. The minimum atomic E-state index is -0.771. The number of nitrogens with one attached hydrogen (secondary N) is 1. The van der Waals surface area contributed by atoms with E-state index in [1.54, 1.807) is 0 Å². The highest BCUT2D eigenvalue weighted by atomic mass is 16.2. The topological polar surface area (TPSA) is 75.4 Å². The van der Waals surface area contributed by atoms with Gasteiger partial charge in [-0.1, -0.05) is 13.8 Å². The zero-order chi connectivity index (χ0) is 13.1. The number of nitrogens with two attached hydrogens (primary N) is 1. The SMILES string of the molecule is CC(C)CN1CC2CC3(C(N)=O)CC1C2C(=O)N3. The summed E-state index contributed by atoms with van der Waals surface area (Å²) in [6.45, 7) is 6.31. The van der Waals surface area contributed by atoms with Crippen molar-refractivity contribution in [2.24, 2.45) is 23.5 Å². The maximum Gasteiger partial charge on any atom is 0.243 e. The van der Waals surface area contributed by atoms with Gasteiger partial charge in [-0.15, -0.1) is 0 Å². The summed E-state index contributed by atoms with van der Waals surface area (Å²) < 4.78 is 0. The Bertz CT molecular complexity index is 409. The lowest BCUT2D eigenvalue weighted by Crippen LogP contribution is -2.70. The zero-order valence-corrected chi connectivity index (χ0v) is 11.0. The molecule has 3 aliphatic heterocycles. The number of carbonyl (C=O) groups excluding carboxylic acids is 2. The average Bonchev–Trinajstić information content (AvgIpc) is 2.50. The van der Waals surface area contributed by atoms with E-state index in [0.29, 0.717) is 18.3 Å². The van der Waals surface area contributed by atoms with E-state index in [4.69, 9.17) is 5.73 Å². The minimum absolute atomic E-state index is 0.0348. The maximum absolute atomic E-state index is 12.1. The number of rotatable bonds is 3. The van der Waals surface area contributed by atoms with Crippen LogP contribution in [0.3, 0.4) is 0 Å². The lowest BCUT2D eigenvalue weighted by atomic mass is 9.65. The molecule has 5 heteroatoms. The van der Waals surface area contributed by atoms with Crippen molar-refractivity contribution in [3.8, 4) is 0 Å². The van der Waals surface area contributed by atoms with Crippen LogP contribution in [0.1, 0.15) is 26.7 Å². The van der Waals surface area contributed by atoms with Crippen molar-refractivity contribution in [1.82, 2.24) is 10.2 Å². The first-order chi connectivity index (χ1) is 8.43. The van der Waals surface area contributed by atoms with Crippen molar-refractivity contribution in [3.63, 3.8) is 0 Å². The van der Waals surface area contributed by atoms with Crippen LogP contribution in [0, 0.1) is 17.8 Å². The number of fused-ring (bicyclic) bond motifs is 1. The van der Waals surface area contributed by atoms with Crippen LogP contribution in [-0.4, -0.2) is 41.4 Å². The predicted octanol–water partition coefficient (Wildman–Crippen LogP) is -0.293. The third kappa shape index (κ3) is 1.49. The van der Waals surface area contributed by atoms with E-state index in [-0.39, 0.29) is 23.8 Å². The van der Waals surface area contributed by atoms with Crippen LogP contribution in [-0.2, 0) is 9.59 Å². The minimum Gasteiger partial charge on any atom is -0.368 e. The van der Waals surface area contributed by atoms with Crippen molar-refractivity contribution < 1.29 is 9.59 Å². The first-order valence-electron chi connectivity index (χ1n) is 6.79. The molecular weight excluding hydrogens is 230 g/mol. The zero-order valence-electron chi connectivity index (χ0n) is 11.0. The molecule has 4 unspecified atom stereocenters. The van der Waals surface area contributed by atoms with E-state index in [2.05, 4.69) is 24.1 Å². The maximum atomic E-state index is 12.1. The average molecular weight is 251 g/mol. The molecule has 4 atom stereocenters. The summed E-state index contributed by atoms with van der Waals surface area (Å²) >= 11 is 0. The molecule has 4 aliphatic rings. The fourth-order valence-corrected chi connectivity index (χ4v) is 4.18. The molecule has 1 saturated carbocycles. The van der Waals surface area contributed by atoms with Crippen LogP contribution < -0.4 is 11.1 Å². The third-order valence-corrected chi connectivity index (χ3v) is 4.77. The fraction of sp³-hybridized carbons (Fsp3) is 0.846. The van der Waals surface area contributed by atoms with Gasteiger partial charge in [-0.3, -0.25) is 14.5 Å². The summed E-state index contributed by atoms with van der Waals surface area (Å²) in [5, 5.41) is 2.86. The smallest absolute Gasteiger partial charge is 0.243 e. The Morgan fingerprint density at radius 3 is 2.89 bits per heavy atom. The normalized spacial score (nSPS) is 42.4. The first kappa shape index (κ1) is 12.0. The standard InChI is InChI=1S/C13H21N3O2/c1-7(2)5-16-6-8-3-13(12(14)18)4-9(16)10(8)11(17)15-13/h7-10H,3-6H2,1-2H3,(H2,14,18)(H,15,17). The Kier molecular flexibility index (Phi) is 2.46. The lowest BCUT2D eigenvalue weighted by molar-refractivity contribution is -0.146. The second kappa shape index (κ2) is 3.70. The molecule has 0 aromatic heterocycles. The Hall–Kier alpha value is -1.10. The van der Waals surface area contributed by atoms with Gasteiger partial charge in [0, 0.05) is 19.1 Å². The van der Waals surface area contributed by atoms with Gasteiger partial charge in [-0.25, -0.2) is 0 Å². The molecule has 100 valence electrons. The number of carbonyl (C=O) groups is 2. The van der Waals surface area contributed by atoms with Crippen molar-refractivity contribution >= 4 is 11.8 Å². The van der Waals surface area contributed by atoms with E-state index in [1.165, 1.54) is 0 Å². The molecule has 0 radical (unpaired) electrons. The molecule has 1 aliphatic carbocycles. The lowest BCUT2D eigenvalue weighted by Gasteiger charge is -2.48. The van der Waals surface area contributed by atoms with Gasteiger partial charge < -0.3 is 11.1 Å². The van der Waals surface area contributed by atoms with Crippen LogP contribution >= 0.6 is 0 Å². The summed E-state index contributed by atoms with van der Waals surface area (Å²) in [5.74, 6) is 0.632. The largest absolute Gasteiger partial charge is 0.368 e. The van der Waals surface area contributed by atoms with Gasteiger partial charge in [-0.2, -0.15) is 0 Å². The van der Waals surface area contributed by atoms with E-state index in [9.17, 15) is 9.59 Å². The number of piperidine rings is 2. The Balaban J connectivity index is 1.90. The number of primary amides is 1. The van der Waals surface area contributed by atoms with E-state index >= 15 is 0 Å². The van der Waals surface area contributed by atoms with Gasteiger partial charge in [-0.05, 0) is 24.7 Å². The van der Waals surface area contributed by atoms with Crippen molar-refractivity contribution in [2.45, 2.75) is 38.3 Å². The summed E-state index contributed by atoms with van der Waals surface area (Å²) in [7, 11) is 0. The summed E-state index contributed by atoms with van der Waals surface area (Å²) in [6.07, 6.45) is 1.42. The summed E-state index contributed by atoms with van der Waals surface area (Å²) in [6, 6.07) is 0.215. The molecule has 4 rings (SSSR count). The second-order valence-electron chi connectivity index (χ2n) is 6.54. The van der Waals surface area contributed by atoms with Gasteiger partial charge in [0.25, 0.3) is 0 Å². The Labute approximate surface area is 107 Å². The first-order valence-corrected chi connectivity index (χ1v) is 6.79. The number of likely N-dealkylation sites (tertiary alicyclic amines) is 1. The van der Waals surface area contributed by atoms with Crippen LogP contribution in [0.25, 0.3) is 0 Å².